The van der Waals surface area contributed by atoms with Gasteiger partial charge in [0, 0.05) is 18.3 Å². The lowest BCUT2D eigenvalue weighted by atomic mass is 10.2. The van der Waals surface area contributed by atoms with E-state index in [1.165, 1.54) is 0 Å². The predicted octanol–water partition coefficient (Wildman–Crippen LogP) is 0.934. The summed E-state index contributed by atoms with van der Waals surface area (Å²) >= 11 is 0. The molecule has 1 unspecified atom stereocenters. The molecule has 0 aliphatic heterocycles. The van der Waals surface area contributed by atoms with Crippen molar-refractivity contribution in [1.29, 1.82) is 0 Å². The van der Waals surface area contributed by atoms with Crippen LogP contribution in [-0.2, 0) is 4.74 Å². The van der Waals surface area contributed by atoms with Crippen molar-refractivity contribution in [2.75, 3.05) is 6.54 Å². The largest absolute Gasteiger partial charge is 0.444 e. The van der Waals surface area contributed by atoms with Crippen LogP contribution in [-0.4, -0.2) is 28.4 Å². The summed E-state index contributed by atoms with van der Waals surface area (Å²) in [6.45, 7) is 5.74. The van der Waals surface area contributed by atoms with Gasteiger partial charge in [-0.05, 0) is 20.8 Å². The maximum absolute atomic E-state index is 11.3. The number of amides is 1. The van der Waals surface area contributed by atoms with Gasteiger partial charge < -0.3 is 15.8 Å². The fraction of sp³-hybridized carbons (Fsp3) is 0.600. The third-order valence-electron chi connectivity index (χ3n) is 1.81. The van der Waals surface area contributed by atoms with E-state index in [9.17, 15) is 4.79 Å². The molecule has 1 amide bonds. The van der Waals surface area contributed by atoms with Crippen LogP contribution in [0.3, 0.4) is 0 Å². The quantitative estimate of drug-likeness (QED) is 0.715. The molecule has 1 atom stereocenters. The zero-order valence-corrected chi connectivity index (χ0v) is 9.78. The zero-order chi connectivity index (χ0) is 12.2. The van der Waals surface area contributed by atoms with Crippen LogP contribution in [0.4, 0.5) is 4.79 Å². The Bertz CT molecular complexity index is 329. The first-order chi connectivity index (χ1) is 7.38. The minimum atomic E-state index is -0.496. The molecule has 6 heteroatoms. The van der Waals surface area contributed by atoms with Crippen molar-refractivity contribution in [3.05, 3.63) is 18.0 Å². The summed E-state index contributed by atoms with van der Waals surface area (Å²) in [5, 5.41) is 9.04. The minimum Gasteiger partial charge on any atom is -0.444 e. The smallest absolute Gasteiger partial charge is 0.407 e. The number of carbonyl (C=O) groups is 1. The van der Waals surface area contributed by atoms with Gasteiger partial charge in [-0.2, -0.15) is 5.10 Å². The number of rotatable bonds is 3. The van der Waals surface area contributed by atoms with Gasteiger partial charge >= 0.3 is 6.09 Å². The van der Waals surface area contributed by atoms with E-state index in [1.54, 1.807) is 12.4 Å². The molecule has 0 aliphatic rings. The molecule has 0 fully saturated rings. The molecule has 6 nitrogen and oxygen atoms in total. The van der Waals surface area contributed by atoms with E-state index < -0.39 is 11.7 Å². The number of H-pyrrole nitrogens is 1. The molecule has 0 aliphatic carbocycles. The zero-order valence-electron chi connectivity index (χ0n) is 9.78. The number of alkyl carbamates (subject to hydrolysis) is 1. The fourth-order valence-corrected chi connectivity index (χ4v) is 1.09. The second kappa shape index (κ2) is 4.98. The van der Waals surface area contributed by atoms with Crippen molar-refractivity contribution >= 4 is 6.09 Å². The number of hydrogen-bond acceptors (Lipinski definition) is 4. The Morgan fingerprint density at radius 2 is 2.38 bits per heavy atom. The Morgan fingerprint density at radius 1 is 1.69 bits per heavy atom. The van der Waals surface area contributed by atoms with Crippen molar-refractivity contribution in [3.8, 4) is 0 Å². The van der Waals surface area contributed by atoms with E-state index in [0.29, 0.717) is 6.54 Å². The summed E-state index contributed by atoms with van der Waals surface area (Å²) in [4.78, 5) is 11.3. The van der Waals surface area contributed by atoms with Gasteiger partial charge in [0.1, 0.15) is 5.60 Å². The highest BCUT2D eigenvalue weighted by molar-refractivity contribution is 5.67. The predicted molar refractivity (Wildman–Crippen MR) is 59.8 cm³/mol. The maximum Gasteiger partial charge on any atom is 0.407 e. The molecule has 0 spiro atoms. The first kappa shape index (κ1) is 12.5. The highest BCUT2D eigenvalue weighted by Gasteiger charge is 2.16. The number of nitrogens with one attached hydrogen (secondary N) is 2. The maximum atomic E-state index is 11.3. The monoisotopic (exact) mass is 226 g/mol. The van der Waals surface area contributed by atoms with Gasteiger partial charge in [0.05, 0.1) is 12.2 Å². The second-order valence-electron chi connectivity index (χ2n) is 4.52. The van der Waals surface area contributed by atoms with Gasteiger partial charge in [-0.1, -0.05) is 0 Å². The molecule has 0 saturated carbocycles. The summed E-state index contributed by atoms with van der Waals surface area (Å²) in [5.74, 6) is 0. The Kier molecular flexibility index (Phi) is 3.89. The average Bonchev–Trinajstić information content (AvgIpc) is 2.64. The molecule has 0 bridgehead atoms. The van der Waals surface area contributed by atoms with Crippen LogP contribution < -0.4 is 11.1 Å². The van der Waals surface area contributed by atoms with Gasteiger partial charge in [-0.15, -0.1) is 0 Å². The van der Waals surface area contributed by atoms with Gasteiger partial charge in [-0.3, -0.25) is 5.10 Å². The van der Waals surface area contributed by atoms with Gasteiger partial charge in [0.25, 0.3) is 0 Å². The minimum absolute atomic E-state index is 0.286. The Balaban J connectivity index is 2.32. The normalized spacial score (nSPS) is 13.2. The molecule has 0 aromatic carbocycles. The van der Waals surface area contributed by atoms with Crippen LogP contribution in [0.1, 0.15) is 32.4 Å². The molecule has 1 aromatic rings. The van der Waals surface area contributed by atoms with Crippen molar-refractivity contribution in [1.82, 2.24) is 15.5 Å². The number of hydrogen-bond donors (Lipinski definition) is 3. The highest BCUT2D eigenvalue weighted by Crippen LogP contribution is 2.08. The van der Waals surface area contributed by atoms with Crippen molar-refractivity contribution in [2.24, 2.45) is 5.73 Å². The summed E-state index contributed by atoms with van der Waals surface area (Å²) in [7, 11) is 0. The first-order valence-electron chi connectivity index (χ1n) is 5.09. The Labute approximate surface area is 94.5 Å². The van der Waals surface area contributed by atoms with Crippen molar-refractivity contribution < 1.29 is 9.53 Å². The van der Waals surface area contributed by atoms with Crippen LogP contribution in [0.2, 0.25) is 0 Å². The van der Waals surface area contributed by atoms with Crippen LogP contribution in [0, 0.1) is 0 Å². The van der Waals surface area contributed by atoms with E-state index in [-0.39, 0.29) is 6.04 Å². The lowest BCUT2D eigenvalue weighted by Gasteiger charge is -2.20. The van der Waals surface area contributed by atoms with E-state index in [0.717, 1.165) is 5.56 Å². The lowest BCUT2D eigenvalue weighted by Crippen LogP contribution is -2.36. The highest BCUT2D eigenvalue weighted by atomic mass is 16.6. The number of carbonyl (C=O) groups excluding carboxylic acids is 1. The average molecular weight is 226 g/mol. The van der Waals surface area contributed by atoms with Crippen LogP contribution >= 0.6 is 0 Å². The number of ether oxygens (including phenoxy) is 1. The van der Waals surface area contributed by atoms with Gasteiger partial charge in [0.15, 0.2) is 0 Å². The van der Waals surface area contributed by atoms with E-state index in [1.807, 2.05) is 20.8 Å². The Hall–Kier alpha value is -1.56. The van der Waals surface area contributed by atoms with Crippen LogP contribution in [0.15, 0.2) is 12.4 Å². The number of aromatic nitrogens is 2. The SMILES string of the molecule is CC(C)(C)OC(=O)NCC(N)c1cn[nH]c1. The van der Waals surface area contributed by atoms with Crippen molar-refractivity contribution in [3.63, 3.8) is 0 Å². The van der Waals surface area contributed by atoms with E-state index in [4.69, 9.17) is 10.5 Å². The standard InChI is InChI=1S/C10H18N4O2/c1-10(2,3)16-9(15)12-6-8(11)7-4-13-14-5-7/h4-5,8H,6,11H2,1-3H3,(H,12,15)(H,13,14). The molecule has 1 rings (SSSR count). The van der Waals surface area contributed by atoms with Crippen LogP contribution in [0.25, 0.3) is 0 Å². The number of nitrogens with two attached hydrogens (primary N) is 1. The number of aromatic amines is 1. The van der Waals surface area contributed by atoms with Crippen molar-refractivity contribution in [2.45, 2.75) is 32.4 Å². The summed E-state index contributed by atoms with van der Waals surface area (Å²) in [6.07, 6.45) is 2.86. The van der Waals surface area contributed by atoms with Gasteiger partial charge in [0.2, 0.25) is 0 Å². The summed E-state index contributed by atoms with van der Waals surface area (Å²) in [6, 6.07) is -0.286. The van der Waals surface area contributed by atoms with E-state index >= 15 is 0 Å². The fourth-order valence-electron chi connectivity index (χ4n) is 1.09. The summed E-state index contributed by atoms with van der Waals surface area (Å²) < 4.78 is 5.08. The third-order valence-corrected chi connectivity index (χ3v) is 1.81. The molecule has 0 saturated heterocycles. The number of nitrogens with zero attached hydrogens (tertiary/aromatic N) is 1. The molecule has 0 radical (unpaired) electrons. The molecule has 1 aromatic heterocycles. The molecule has 16 heavy (non-hydrogen) atoms. The molecular weight excluding hydrogens is 208 g/mol. The second-order valence-corrected chi connectivity index (χ2v) is 4.52. The first-order valence-corrected chi connectivity index (χ1v) is 5.09. The third kappa shape index (κ3) is 4.31. The van der Waals surface area contributed by atoms with Crippen LogP contribution in [0.5, 0.6) is 0 Å². The van der Waals surface area contributed by atoms with Gasteiger partial charge in [-0.25, -0.2) is 4.79 Å². The topological polar surface area (TPSA) is 93.0 Å². The molecule has 1 heterocycles. The Morgan fingerprint density at radius 3 is 2.88 bits per heavy atom. The molecular formula is C10H18N4O2. The van der Waals surface area contributed by atoms with E-state index in [2.05, 4.69) is 15.5 Å². The lowest BCUT2D eigenvalue weighted by molar-refractivity contribution is 0.0524. The molecule has 4 N–H and O–H groups in total. The summed E-state index contributed by atoms with van der Waals surface area (Å²) in [5.41, 5.74) is 6.17. The molecule has 90 valence electrons.